The number of aromatic nitrogens is 2. The van der Waals surface area contributed by atoms with Crippen molar-refractivity contribution >= 4 is 28.3 Å². The number of aryl methyl sites for hydroxylation is 1. The van der Waals surface area contributed by atoms with Crippen molar-refractivity contribution < 1.29 is 18.0 Å². The standard InChI is InChI=1S/C15H16ClF3N2O/c1-14(2,3)8-5-6-9(16)12-10(20-21(4)13(8)12)7-11(22)15(17,18)19/h5-6H,7H2,1-4H3. The highest BCUT2D eigenvalue weighted by Gasteiger charge is 2.39. The van der Waals surface area contributed by atoms with Gasteiger partial charge >= 0.3 is 6.18 Å². The number of hydrogen-bond acceptors (Lipinski definition) is 2. The average Bonchev–Trinajstić information content (AvgIpc) is 2.65. The number of rotatable bonds is 2. The molecule has 0 aliphatic carbocycles. The fourth-order valence-electron chi connectivity index (χ4n) is 2.44. The van der Waals surface area contributed by atoms with Crippen LogP contribution in [0.1, 0.15) is 32.0 Å². The van der Waals surface area contributed by atoms with E-state index in [1.165, 1.54) is 4.68 Å². The van der Waals surface area contributed by atoms with Gasteiger partial charge in [-0.2, -0.15) is 18.3 Å². The molecule has 22 heavy (non-hydrogen) atoms. The molecular weight excluding hydrogens is 317 g/mol. The van der Waals surface area contributed by atoms with Crippen LogP contribution in [0.4, 0.5) is 13.2 Å². The molecule has 0 bridgehead atoms. The number of carbonyl (C=O) groups excluding carboxylic acids is 1. The summed E-state index contributed by atoms with van der Waals surface area (Å²) < 4.78 is 39.0. The van der Waals surface area contributed by atoms with Crippen LogP contribution in [0.25, 0.3) is 10.9 Å². The monoisotopic (exact) mass is 332 g/mol. The van der Waals surface area contributed by atoms with Gasteiger partial charge in [-0.15, -0.1) is 0 Å². The van der Waals surface area contributed by atoms with Crippen LogP contribution in [0.5, 0.6) is 0 Å². The summed E-state index contributed by atoms with van der Waals surface area (Å²) in [5.41, 5.74) is 1.38. The van der Waals surface area contributed by atoms with Crippen LogP contribution in [0, 0.1) is 0 Å². The molecule has 2 rings (SSSR count). The summed E-state index contributed by atoms with van der Waals surface area (Å²) in [5, 5.41) is 4.79. The summed E-state index contributed by atoms with van der Waals surface area (Å²) in [6.45, 7) is 5.97. The fourth-order valence-corrected chi connectivity index (χ4v) is 2.70. The number of benzene rings is 1. The summed E-state index contributed by atoms with van der Waals surface area (Å²) in [5.74, 6) is -1.83. The molecule has 0 aliphatic rings. The van der Waals surface area contributed by atoms with Crippen LogP contribution in [-0.4, -0.2) is 21.7 Å². The van der Waals surface area contributed by atoms with Crippen molar-refractivity contribution in [3.05, 3.63) is 28.4 Å². The predicted molar refractivity (Wildman–Crippen MR) is 79.2 cm³/mol. The molecule has 0 saturated carbocycles. The predicted octanol–water partition coefficient (Wildman–Crippen LogP) is 4.20. The first-order valence-corrected chi connectivity index (χ1v) is 7.05. The first-order valence-electron chi connectivity index (χ1n) is 6.67. The number of alkyl halides is 3. The number of hydrogen-bond donors (Lipinski definition) is 0. The average molecular weight is 333 g/mol. The van der Waals surface area contributed by atoms with Crippen molar-refractivity contribution in [2.75, 3.05) is 0 Å². The molecule has 0 unspecified atom stereocenters. The zero-order valence-corrected chi connectivity index (χ0v) is 13.4. The lowest BCUT2D eigenvalue weighted by Crippen LogP contribution is -2.24. The lowest BCUT2D eigenvalue weighted by Gasteiger charge is -2.21. The SMILES string of the molecule is Cn1nc(CC(=O)C(F)(F)F)c2c(Cl)ccc(C(C)(C)C)c21. The molecule has 0 aliphatic heterocycles. The molecule has 1 heterocycles. The highest BCUT2D eigenvalue weighted by Crippen LogP contribution is 2.36. The van der Waals surface area contributed by atoms with Crippen LogP contribution in [0.2, 0.25) is 5.02 Å². The molecule has 0 fully saturated rings. The zero-order valence-electron chi connectivity index (χ0n) is 12.7. The van der Waals surface area contributed by atoms with Crippen LogP contribution in [-0.2, 0) is 23.7 Å². The third-order valence-electron chi connectivity index (χ3n) is 3.46. The minimum atomic E-state index is -4.88. The molecule has 0 atom stereocenters. The van der Waals surface area contributed by atoms with Crippen molar-refractivity contribution in [3.63, 3.8) is 0 Å². The van der Waals surface area contributed by atoms with Gasteiger partial charge in [0.15, 0.2) is 0 Å². The number of ketones is 1. The van der Waals surface area contributed by atoms with Gasteiger partial charge in [0.25, 0.3) is 0 Å². The Labute approximate surface area is 131 Å². The Morgan fingerprint density at radius 1 is 1.27 bits per heavy atom. The van der Waals surface area contributed by atoms with Crippen LogP contribution < -0.4 is 0 Å². The van der Waals surface area contributed by atoms with E-state index in [9.17, 15) is 18.0 Å². The van der Waals surface area contributed by atoms with Gasteiger partial charge in [-0.25, -0.2) is 0 Å². The van der Waals surface area contributed by atoms with Crippen LogP contribution in [0.15, 0.2) is 12.1 Å². The number of carbonyl (C=O) groups is 1. The first-order chi connectivity index (χ1) is 9.93. The Bertz CT molecular complexity index is 742. The molecule has 0 saturated heterocycles. The molecule has 0 N–H and O–H groups in total. The highest BCUT2D eigenvalue weighted by molar-refractivity contribution is 6.35. The van der Waals surface area contributed by atoms with Gasteiger partial charge in [0.2, 0.25) is 5.78 Å². The summed E-state index contributed by atoms with van der Waals surface area (Å²) in [6, 6.07) is 3.47. The van der Waals surface area contributed by atoms with E-state index < -0.39 is 18.4 Å². The van der Waals surface area contributed by atoms with E-state index in [-0.39, 0.29) is 11.1 Å². The molecule has 0 radical (unpaired) electrons. The van der Waals surface area contributed by atoms with Gasteiger partial charge in [0.05, 0.1) is 22.7 Å². The number of Topliss-reactive ketones (excluding diaryl/α,β-unsaturated/α-hetero) is 1. The lowest BCUT2D eigenvalue weighted by molar-refractivity contribution is -0.170. The minimum Gasteiger partial charge on any atom is -0.289 e. The van der Waals surface area contributed by atoms with E-state index >= 15 is 0 Å². The van der Waals surface area contributed by atoms with Gasteiger partial charge < -0.3 is 0 Å². The van der Waals surface area contributed by atoms with Gasteiger partial charge in [0.1, 0.15) is 0 Å². The Morgan fingerprint density at radius 3 is 2.36 bits per heavy atom. The molecule has 7 heteroatoms. The summed E-state index contributed by atoms with van der Waals surface area (Å²) in [7, 11) is 1.63. The molecule has 0 spiro atoms. The van der Waals surface area contributed by atoms with E-state index in [1.807, 2.05) is 26.8 Å². The maximum absolute atomic E-state index is 12.5. The van der Waals surface area contributed by atoms with Gasteiger partial charge in [-0.1, -0.05) is 38.4 Å². The van der Waals surface area contributed by atoms with Crippen molar-refractivity contribution in [1.82, 2.24) is 9.78 Å². The van der Waals surface area contributed by atoms with Crippen LogP contribution in [0.3, 0.4) is 0 Å². The quantitative estimate of drug-likeness (QED) is 0.826. The van der Waals surface area contributed by atoms with E-state index in [0.717, 1.165) is 5.56 Å². The smallest absolute Gasteiger partial charge is 0.289 e. The van der Waals surface area contributed by atoms with Crippen molar-refractivity contribution in [2.45, 2.75) is 38.8 Å². The number of nitrogens with zero attached hydrogens (tertiary/aromatic N) is 2. The van der Waals surface area contributed by atoms with E-state index in [2.05, 4.69) is 5.10 Å². The molecule has 1 aromatic carbocycles. The Hall–Kier alpha value is -1.56. The summed E-state index contributed by atoms with van der Waals surface area (Å²) in [6.07, 6.45) is -5.69. The second kappa shape index (κ2) is 5.26. The Kier molecular flexibility index (Phi) is 4.02. The third-order valence-corrected chi connectivity index (χ3v) is 3.78. The van der Waals surface area contributed by atoms with Crippen molar-refractivity contribution in [3.8, 4) is 0 Å². The number of fused-ring (bicyclic) bond motifs is 1. The summed E-state index contributed by atoms with van der Waals surface area (Å²) in [4.78, 5) is 11.3. The maximum Gasteiger partial charge on any atom is 0.450 e. The highest BCUT2D eigenvalue weighted by atomic mass is 35.5. The second-order valence-electron chi connectivity index (χ2n) is 6.24. The normalized spacial score (nSPS) is 12.9. The van der Waals surface area contributed by atoms with E-state index in [4.69, 9.17) is 11.6 Å². The molecule has 0 amide bonds. The van der Waals surface area contributed by atoms with Crippen molar-refractivity contribution in [2.24, 2.45) is 7.05 Å². The number of halogens is 4. The second-order valence-corrected chi connectivity index (χ2v) is 6.64. The van der Waals surface area contributed by atoms with Crippen molar-refractivity contribution in [1.29, 1.82) is 0 Å². The van der Waals surface area contributed by atoms with Gasteiger partial charge in [-0.3, -0.25) is 9.48 Å². The van der Waals surface area contributed by atoms with Gasteiger partial charge in [0, 0.05) is 12.4 Å². The van der Waals surface area contributed by atoms with Gasteiger partial charge in [-0.05, 0) is 17.0 Å². The molecule has 2 aromatic rings. The molecule has 1 aromatic heterocycles. The molecule has 3 nitrogen and oxygen atoms in total. The first kappa shape index (κ1) is 16.8. The third kappa shape index (κ3) is 2.97. The zero-order chi connectivity index (χ0) is 16.9. The Balaban J connectivity index is 2.67. The fraction of sp³-hybridized carbons (Fsp3) is 0.467. The topological polar surface area (TPSA) is 34.9 Å². The van der Waals surface area contributed by atoms with E-state index in [1.54, 1.807) is 13.1 Å². The largest absolute Gasteiger partial charge is 0.450 e. The lowest BCUT2D eigenvalue weighted by atomic mass is 9.85. The molecule has 120 valence electrons. The van der Waals surface area contributed by atoms with Crippen LogP contribution >= 0.6 is 11.6 Å². The maximum atomic E-state index is 12.5. The van der Waals surface area contributed by atoms with E-state index in [0.29, 0.717) is 15.9 Å². The summed E-state index contributed by atoms with van der Waals surface area (Å²) >= 11 is 6.15. The molecular formula is C15H16ClF3N2O. The minimum absolute atomic E-state index is 0.0518. The Morgan fingerprint density at radius 2 is 1.86 bits per heavy atom.